The van der Waals surface area contributed by atoms with Crippen LogP contribution in [0, 0.1) is 28.6 Å². The van der Waals surface area contributed by atoms with E-state index in [2.05, 4.69) is 20.8 Å². The zero-order chi connectivity index (χ0) is 32.2. The van der Waals surface area contributed by atoms with E-state index >= 15 is 0 Å². The van der Waals surface area contributed by atoms with Crippen molar-refractivity contribution in [3.63, 3.8) is 0 Å². The normalized spacial score (nSPS) is 28.7. The number of phenols is 1. The van der Waals surface area contributed by atoms with Gasteiger partial charge in [-0.05, 0) is 118 Å². The molecule has 10 heteroatoms. The maximum atomic E-state index is 13.4. The first kappa shape index (κ1) is 34.2. The summed E-state index contributed by atoms with van der Waals surface area (Å²) >= 11 is 0. The van der Waals surface area contributed by atoms with Crippen molar-refractivity contribution < 1.29 is 40.8 Å². The molecular weight excluding hydrogens is 587 g/mol. The van der Waals surface area contributed by atoms with E-state index in [1.807, 2.05) is 12.1 Å². The van der Waals surface area contributed by atoms with Gasteiger partial charge in [-0.2, -0.15) is 22.0 Å². The number of ether oxygens (including phenoxy) is 1. The Morgan fingerprint density at radius 3 is 2.37 bits per heavy atom. The van der Waals surface area contributed by atoms with Crippen molar-refractivity contribution in [2.24, 2.45) is 28.6 Å². The van der Waals surface area contributed by atoms with Crippen molar-refractivity contribution >= 4 is 16.6 Å². The molecular formula is C33H47F5O4S. The fraction of sp³-hybridized carbons (Fsp3) is 0.788. The number of aromatic hydroxyl groups is 1. The standard InChI is InChI=1S/C33H47F5O4S/c1-29(2,19-30(3,4)43(41)15-7-12-32(34,35)33(36,37)38)13-10-20-16-21-17-25(39)26(42-6)18-23(21)22-11-14-31(5)24(28(20)22)8-9-27(31)40/h17-18,20,22,24,28,39H,7-16,19H2,1-6H3/t20-,22-,24+,28-,31+,43?/m1/s1. The smallest absolute Gasteiger partial charge is 0.453 e. The van der Waals surface area contributed by atoms with E-state index in [-0.39, 0.29) is 28.3 Å². The average Bonchev–Trinajstić information content (AvgIpc) is 3.19. The maximum Gasteiger partial charge on any atom is 0.453 e. The second-order valence-corrected chi connectivity index (χ2v) is 17.1. The Balaban J connectivity index is 1.48. The predicted octanol–water partition coefficient (Wildman–Crippen LogP) is 8.75. The number of phenolic OH excluding ortho intramolecular Hbond substituents is 1. The summed E-state index contributed by atoms with van der Waals surface area (Å²) in [5.74, 6) is -2.87. The SMILES string of the molecule is COc1cc2c(cc1O)C[C@@H](CCC(C)(C)CC(C)(C)S(=O)CCCC(F)(F)C(F)(F)F)[C@@H]1[C@@H]2CC[C@]2(C)C(=O)CC[C@@H]12. The molecule has 0 aliphatic heterocycles. The molecule has 43 heavy (non-hydrogen) atoms. The average molecular weight is 635 g/mol. The molecule has 3 aliphatic carbocycles. The van der Waals surface area contributed by atoms with Crippen molar-refractivity contribution in [3.8, 4) is 11.5 Å². The van der Waals surface area contributed by atoms with Crippen LogP contribution >= 0.6 is 0 Å². The van der Waals surface area contributed by atoms with Crippen molar-refractivity contribution in [1.29, 1.82) is 0 Å². The minimum Gasteiger partial charge on any atom is -0.504 e. The number of methoxy groups -OCH3 is 1. The molecule has 244 valence electrons. The van der Waals surface area contributed by atoms with E-state index in [9.17, 15) is 36.1 Å². The number of hydrogen-bond acceptors (Lipinski definition) is 4. The monoisotopic (exact) mass is 634 g/mol. The van der Waals surface area contributed by atoms with E-state index < -0.39 is 40.5 Å². The van der Waals surface area contributed by atoms with Gasteiger partial charge in [-0.25, -0.2) is 0 Å². The number of benzene rings is 1. The fourth-order valence-electron chi connectivity index (χ4n) is 8.75. The van der Waals surface area contributed by atoms with Gasteiger partial charge in [-0.1, -0.05) is 20.8 Å². The molecule has 0 spiro atoms. The quantitative estimate of drug-likeness (QED) is 0.247. The summed E-state index contributed by atoms with van der Waals surface area (Å²) in [6.45, 7) is 9.93. The van der Waals surface area contributed by atoms with E-state index in [1.54, 1.807) is 21.0 Å². The summed E-state index contributed by atoms with van der Waals surface area (Å²) in [6, 6.07) is 3.80. The van der Waals surface area contributed by atoms with Gasteiger partial charge in [0.2, 0.25) is 0 Å². The summed E-state index contributed by atoms with van der Waals surface area (Å²) in [5.41, 5.74) is 1.75. The molecule has 2 fully saturated rings. The Labute approximate surface area is 255 Å². The number of alkyl halides is 5. The second-order valence-electron chi connectivity index (χ2n) is 14.9. The summed E-state index contributed by atoms with van der Waals surface area (Å²) in [4.78, 5) is 13.0. The number of fused-ring (bicyclic) bond motifs is 5. The van der Waals surface area contributed by atoms with Crippen molar-refractivity contribution in [2.75, 3.05) is 12.9 Å². The van der Waals surface area contributed by atoms with Gasteiger partial charge in [0.1, 0.15) is 5.78 Å². The minimum absolute atomic E-state index is 0.118. The van der Waals surface area contributed by atoms with Gasteiger partial charge < -0.3 is 9.84 Å². The van der Waals surface area contributed by atoms with Gasteiger partial charge >= 0.3 is 12.1 Å². The predicted molar refractivity (Wildman–Crippen MR) is 158 cm³/mol. The lowest BCUT2D eigenvalue weighted by molar-refractivity contribution is -0.284. The highest BCUT2D eigenvalue weighted by Gasteiger charge is 2.58. The largest absolute Gasteiger partial charge is 0.504 e. The third kappa shape index (κ3) is 6.79. The number of halogens is 5. The number of ketones is 1. The topological polar surface area (TPSA) is 63.6 Å². The highest BCUT2D eigenvalue weighted by atomic mass is 32.2. The van der Waals surface area contributed by atoms with E-state index in [0.29, 0.717) is 42.1 Å². The van der Waals surface area contributed by atoms with Gasteiger partial charge in [-0.15, -0.1) is 0 Å². The molecule has 3 aliphatic rings. The first-order chi connectivity index (χ1) is 19.7. The molecule has 0 radical (unpaired) electrons. The van der Waals surface area contributed by atoms with Crippen LogP contribution in [0.4, 0.5) is 22.0 Å². The molecule has 1 aromatic carbocycles. The first-order valence-corrected chi connectivity index (χ1v) is 16.8. The molecule has 4 rings (SSSR count). The Morgan fingerprint density at radius 1 is 1.07 bits per heavy atom. The Kier molecular flexibility index (Phi) is 9.46. The van der Waals surface area contributed by atoms with Gasteiger partial charge in [0.25, 0.3) is 0 Å². The highest BCUT2D eigenvalue weighted by molar-refractivity contribution is 7.86. The molecule has 6 atom stereocenters. The van der Waals surface area contributed by atoms with Crippen LogP contribution < -0.4 is 4.74 Å². The lowest BCUT2D eigenvalue weighted by Gasteiger charge is -2.52. The van der Waals surface area contributed by atoms with E-state index in [1.165, 1.54) is 5.56 Å². The van der Waals surface area contributed by atoms with Gasteiger partial charge in [0.05, 0.1) is 7.11 Å². The molecule has 0 saturated heterocycles. The lowest BCUT2D eigenvalue weighted by Crippen LogP contribution is -2.46. The first-order valence-electron chi connectivity index (χ1n) is 15.5. The van der Waals surface area contributed by atoms with Crippen LogP contribution in [0.5, 0.6) is 11.5 Å². The molecule has 4 nitrogen and oxygen atoms in total. The molecule has 0 aromatic heterocycles. The highest BCUT2D eigenvalue weighted by Crippen LogP contribution is 2.62. The molecule has 1 N–H and O–H groups in total. The molecule has 0 heterocycles. The molecule has 1 aromatic rings. The zero-order valence-electron chi connectivity index (χ0n) is 26.2. The third-order valence-electron chi connectivity index (χ3n) is 10.9. The van der Waals surface area contributed by atoms with Crippen molar-refractivity contribution in [3.05, 3.63) is 23.3 Å². The van der Waals surface area contributed by atoms with Gasteiger partial charge in [-0.3, -0.25) is 9.00 Å². The van der Waals surface area contributed by atoms with Crippen LogP contribution in [0.15, 0.2) is 12.1 Å². The summed E-state index contributed by atoms with van der Waals surface area (Å²) in [6.07, 6.45) is -1.17. The minimum atomic E-state index is -5.60. The van der Waals surface area contributed by atoms with Crippen molar-refractivity contribution in [2.45, 2.75) is 122 Å². The molecule has 0 bridgehead atoms. The van der Waals surface area contributed by atoms with Crippen LogP contribution in [-0.4, -0.2) is 44.8 Å². The van der Waals surface area contributed by atoms with Crippen LogP contribution in [0.2, 0.25) is 0 Å². The summed E-state index contributed by atoms with van der Waals surface area (Å²) in [7, 11) is -0.0318. The molecule has 2 saturated carbocycles. The van der Waals surface area contributed by atoms with Crippen LogP contribution in [-0.2, 0) is 22.0 Å². The number of rotatable bonds is 11. The Morgan fingerprint density at radius 2 is 1.74 bits per heavy atom. The number of Topliss-reactive ketones (excluding diaryl/α,β-unsaturated/α-hetero) is 1. The van der Waals surface area contributed by atoms with E-state index in [0.717, 1.165) is 44.1 Å². The van der Waals surface area contributed by atoms with Crippen LogP contribution in [0.1, 0.15) is 109 Å². The second kappa shape index (κ2) is 11.9. The summed E-state index contributed by atoms with van der Waals surface area (Å²) in [5, 5.41) is 10.6. The molecule has 0 amide bonds. The van der Waals surface area contributed by atoms with Crippen molar-refractivity contribution in [1.82, 2.24) is 0 Å². The van der Waals surface area contributed by atoms with Crippen LogP contribution in [0.25, 0.3) is 0 Å². The van der Waals surface area contributed by atoms with Gasteiger partial charge in [0.15, 0.2) is 11.5 Å². The van der Waals surface area contributed by atoms with Crippen LogP contribution in [0.3, 0.4) is 0 Å². The molecule has 1 unspecified atom stereocenters. The number of carbonyl (C=O) groups excluding carboxylic acids is 1. The Hall–Kier alpha value is -1.71. The van der Waals surface area contributed by atoms with E-state index in [4.69, 9.17) is 4.74 Å². The lowest BCUT2D eigenvalue weighted by atomic mass is 9.52. The zero-order valence-corrected chi connectivity index (χ0v) is 27.0. The number of carbonyl (C=O) groups is 1. The third-order valence-corrected chi connectivity index (χ3v) is 12.9. The number of hydrogen-bond donors (Lipinski definition) is 1. The summed E-state index contributed by atoms with van der Waals surface area (Å²) < 4.78 is 82.1. The fourth-order valence-corrected chi connectivity index (χ4v) is 10.3. The maximum absolute atomic E-state index is 13.4. The van der Waals surface area contributed by atoms with Gasteiger partial charge in [0, 0.05) is 39.6 Å². The Bertz CT molecular complexity index is 1230.